The predicted octanol–water partition coefficient (Wildman–Crippen LogP) is 3.74. The van der Waals surface area contributed by atoms with Gasteiger partial charge in [0, 0.05) is 6.54 Å². The summed E-state index contributed by atoms with van der Waals surface area (Å²) in [6.45, 7) is 2.37. The van der Waals surface area contributed by atoms with Gasteiger partial charge in [-0.1, -0.05) is 31.2 Å². The van der Waals surface area contributed by atoms with E-state index in [1.54, 1.807) is 19.2 Å². The average Bonchev–Trinajstić information content (AvgIpc) is 2.64. The third-order valence-corrected chi connectivity index (χ3v) is 3.84. The van der Waals surface area contributed by atoms with Gasteiger partial charge in [0.1, 0.15) is 5.75 Å². The summed E-state index contributed by atoms with van der Waals surface area (Å²) in [7, 11) is 1.64. The van der Waals surface area contributed by atoms with Gasteiger partial charge in [0.15, 0.2) is 17.7 Å². The van der Waals surface area contributed by atoms with E-state index in [1.165, 1.54) is 12.1 Å². The van der Waals surface area contributed by atoms with Crippen LogP contribution in [0.15, 0.2) is 48.5 Å². The molecule has 0 heterocycles. The molecule has 0 radical (unpaired) electrons. The van der Waals surface area contributed by atoms with Crippen LogP contribution in [0.25, 0.3) is 0 Å². The highest BCUT2D eigenvalue weighted by atomic mass is 19.1. The Morgan fingerprint density at radius 3 is 2.72 bits per heavy atom. The molecular formula is C20H24FNO3. The first-order chi connectivity index (χ1) is 12.1. The van der Waals surface area contributed by atoms with Crippen LogP contribution in [0.3, 0.4) is 0 Å². The minimum Gasteiger partial charge on any atom is -0.497 e. The lowest BCUT2D eigenvalue weighted by Gasteiger charge is -2.17. The van der Waals surface area contributed by atoms with E-state index in [9.17, 15) is 9.18 Å². The van der Waals surface area contributed by atoms with Crippen LogP contribution in [-0.2, 0) is 11.2 Å². The van der Waals surface area contributed by atoms with Gasteiger partial charge in [-0.3, -0.25) is 4.79 Å². The first kappa shape index (κ1) is 18.8. The Hall–Kier alpha value is -2.56. The summed E-state index contributed by atoms with van der Waals surface area (Å²) in [6, 6.07) is 14.0. The Bertz CT molecular complexity index is 690. The van der Waals surface area contributed by atoms with Crippen molar-refractivity contribution in [2.75, 3.05) is 13.7 Å². The van der Waals surface area contributed by atoms with E-state index >= 15 is 0 Å². The van der Waals surface area contributed by atoms with Crippen LogP contribution in [0, 0.1) is 5.82 Å². The number of hydrogen-bond acceptors (Lipinski definition) is 3. The van der Waals surface area contributed by atoms with Crippen molar-refractivity contribution in [2.45, 2.75) is 32.3 Å². The summed E-state index contributed by atoms with van der Waals surface area (Å²) in [4.78, 5) is 12.2. The van der Waals surface area contributed by atoms with Crippen molar-refractivity contribution in [1.82, 2.24) is 5.32 Å². The maximum atomic E-state index is 13.6. The molecule has 1 N–H and O–H groups in total. The van der Waals surface area contributed by atoms with Crippen molar-refractivity contribution in [1.29, 1.82) is 0 Å². The first-order valence-corrected chi connectivity index (χ1v) is 8.46. The fourth-order valence-electron chi connectivity index (χ4n) is 2.46. The van der Waals surface area contributed by atoms with Crippen LogP contribution < -0.4 is 14.8 Å². The van der Waals surface area contributed by atoms with E-state index in [-0.39, 0.29) is 11.7 Å². The molecule has 0 saturated heterocycles. The molecule has 0 spiro atoms. The second kappa shape index (κ2) is 9.67. The smallest absolute Gasteiger partial charge is 0.261 e. The molecule has 4 nitrogen and oxygen atoms in total. The van der Waals surface area contributed by atoms with E-state index in [0.717, 1.165) is 24.2 Å². The van der Waals surface area contributed by atoms with E-state index in [0.29, 0.717) is 13.0 Å². The largest absolute Gasteiger partial charge is 0.497 e. The van der Waals surface area contributed by atoms with Gasteiger partial charge in [0.2, 0.25) is 0 Å². The number of carbonyl (C=O) groups excluding carboxylic acids is 1. The quantitative estimate of drug-likeness (QED) is 0.704. The minimum absolute atomic E-state index is 0.0980. The molecule has 0 saturated carbocycles. The second-order valence-corrected chi connectivity index (χ2v) is 5.69. The highest BCUT2D eigenvalue weighted by Crippen LogP contribution is 2.18. The maximum Gasteiger partial charge on any atom is 0.261 e. The number of hydrogen-bond donors (Lipinski definition) is 1. The summed E-state index contributed by atoms with van der Waals surface area (Å²) in [5.74, 6) is 0.231. The van der Waals surface area contributed by atoms with Gasteiger partial charge in [-0.2, -0.15) is 0 Å². The fraction of sp³-hybridized carbons (Fsp3) is 0.350. The number of para-hydroxylation sites is 1. The lowest BCUT2D eigenvalue weighted by Crippen LogP contribution is -2.38. The highest BCUT2D eigenvalue weighted by Gasteiger charge is 2.19. The molecule has 0 bridgehead atoms. The third kappa shape index (κ3) is 5.78. The average molecular weight is 345 g/mol. The minimum atomic E-state index is -0.700. The predicted molar refractivity (Wildman–Crippen MR) is 95.4 cm³/mol. The summed E-state index contributed by atoms with van der Waals surface area (Å²) in [5.41, 5.74) is 1.16. The molecular weight excluding hydrogens is 321 g/mol. The van der Waals surface area contributed by atoms with Crippen molar-refractivity contribution in [3.63, 3.8) is 0 Å². The standard InChI is InChI=1S/C20H24FNO3/c1-3-18(25-19-12-5-4-11-17(19)21)20(23)22-13-7-9-15-8-6-10-16(14-15)24-2/h4-6,8,10-12,14,18H,3,7,9,13H2,1-2H3,(H,22,23)/t18-/m0/s1. The molecule has 5 heteroatoms. The SMILES string of the molecule is CC[C@H](Oc1ccccc1F)C(=O)NCCCc1cccc(OC)c1. The number of methoxy groups -OCH3 is 1. The zero-order chi connectivity index (χ0) is 18.1. The number of nitrogens with one attached hydrogen (secondary N) is 1. The van der Waals surface area contributed by atoms with Crippen molar-refractivity contribution < 1.29 is 18.7 Å². The van der Waals surface area contributed by atoms with Gasteiger partial charge in [-0.05, 0) is 49.1 Å². The van der Waals surface area contributed by atoms with Crippen molar-refractivity contribution in [3.8, 4) is 11.5 Å². The molecule has 2 aromatic carbocycles. The molecule has 25 heavy (non-hydrogen) atoms. The number of amides is 1. The van der Waals surface area contributed by atoms with Gasteiger partial charge in [0.05, 0.1) is 7.11 Å². The topological polar surface area (TPSA) is 47.6 Å². The molecule has 0 aromatic heterocycles. The third-order valence-electron chi connectivity index (χ3n) is 3.84. The van der Waals surface area contributed by atoms with Crippen LogP contribution in [0.2, 0.25) is 0 Å². The van der Waals surface area contributed by atoms with Crippen LogP contribution in [0.4, 0.5) is 4.39 Å². The molecule has 0 aliphatic heterocycles. The van der Waals surface area contributed by atoms with E-state index < -0.39 is 11.9 Å². The number of benzene rings is 2. The molecule has 134 valence electrons. The van der Waals surface area contributed by atoms with E-state index in [2.05, 4.69) is 5.32 Å². The van der Waals surface area contributed by atoms with Crippen LogP contribution in [0.5, 0.6) is 11.5 Å². The normalized spacial score (nSPS) is 11.6. The molecule has 1 atom stereocenters. The Labute approximate surface area is 148 Å². The zero-order valence-corrected chi connectivity index (χ0v) is 14.6. The molecule has 1 amide bonds. The fourth-order valence-corrected chi connectivity index (χ4v) is 2.46. The number of carbonyl (C=O) groups is 1. The van der Waals surface area contributed by atoms with Gasteiger partial charge < -0.3 is 14.8 Å². The summed E-state index contributed by atoms with van der Waals surface area (Å²) in [6.07, 6.45) is 1.40. The molecule has 0 unspecified atom stereocenters. The van der Waals surface area contributed by atoms with Gasteiger partial charge in [-0.15, -0.1) is 0 Å². The summed E-state index contributed by atoms with van der Waals surface area (Å²) < 4.78 is 24.3. The molecule has 2 rings (SSSR count). The molecule has 0 aliphatic carbocycles. The summed E-state index contributed by atoms with van der Waals surface area (Å²) in [5, 5.41) is 2.85. The van der Waals surface area contributed by atoms with Crippen LogP contribution in [-0.4, -0.2) is 25.7 Å². The van der Waals surface area contributed by atoms with Crippen LogP contribution >= 0.6 is 0 Å². The highest BCUT2D eigenvalue weighted by molar-refractivity contribution is 5.81. The van der Waals surface area contributed by atoms with Crippen molar-refractivity contribution in [2.24, 2.45) is 0 Å². The molecule has 0 fully saturated rings. The number of ether oxygens (including phenoxy) is 2. The van der Waals surface area contributed by atoms with Crippen molar-refractivity contribution >= 4 is 5.91 Å². The second-order valence-electron chi connectivity index (χ2n) is 5.69. The number of rotatable bonds is 9. The van der Waals surface area contributed by atoms with Gasteiger partial charge >= 0.3 is 0 Å². The van der Waals surface area contributed by atoms with Gasteiger partial charge in [0.25, 0.3) is 5.91 Å². The first-order valence-electron chi connectivity index (χ1n) is 8.46. The van der Waals surface area contributed by atoms with Crippen molar-refractivity contribution in [3.05, 3.63) is 59.9 Å². The zero-order valence-electron chi connectivity index (χ0n) is 14.6. The van der Waals surface area contributed by atoms with Crippen LogP contribution in [0.1, 0.15) is 25.3 Å². The Morgan fingerprint density at radius 2 is 2.00 bits per heavy atom. The lowest BCUT2D eigenvalue weighted by molar-refractivity contribution is -0.128. The Kier molecular flexibility index (Phi) is 7.26. The Morgan fingerprint density at radius 1 is 1.20 bits per heavy atom. The van der Waals surface area contributed by atoms with E-state index in [1.807, 2.05) is 31.2 Å². The number of halogens is 1. The lowest BCUT2D eigenvalue weighted by atomic mass is 10.1. The van der Waals surface area contributed by atoms with Gasteiger partial charge in [-0.25, -0.2) is 4.39 Å². The Balaban J connectivity index is 1.79. The molecule has 0 aliphatic rings. The summed E-state index contributed by atoms with van der Waals surface area (Å²) >= 11 is 0. The molecule has 2 aromatic rings. The monoisotopic (exact) mass is 345 g/mol. The van der Waals surface area contributed by atoms with E-state index in [4.69, 9.17) is 9.47 Å². The maximum absolute atomic E-state index is 13.6. The number of aryl methyl sites for hydroxylation is 1.